The van der Waals surface area contributed by atoms with Crippen molar-refractivity contribution in [2.45, 2.75) is 44.1 Å². The highest BCUT2D eigenvalue weighted by atomic mass is 16.2. The smallest absolute Gasteiger partial charge is 0.232 e. The lowest BCUT2D eigenvalue weighted by molar-refractivity contribution is -0.127. The van der Waals surface area contributed by atoms with Crippen molar-refractivity contribution in [2.75, 3.05) is 25.5 Å². The van der Waals surface area contributed by atoms with Gasteiger partial charge in [-0.25, -0.2) is 9.97 Å². The van der Waals surface area contributed by atoms with Crippen molar-refractivity contribution in [3.63, 3.8) is 0 Å². The molecule has 0 bridgehead atoms. The van der Waals surface area contributed by atoms with Crippen LogP contribution in [-0.4, -0.2) is 47.0 Å². The van der Waals surface area contributed by atoms with Gasteiger partial charge in [-0.2, -0.15) is 0 Å². The highest BCUT2D eigenvalue weighted by Crippen LogP contribution is 2.38. The van der Waals surface area contributed by atoms with Crippen LogP contribution in [0.25, 0.3) is 0 Å². The number of para-hydroxylation sites is 1. The first-order valence-electron chi connectivity index (χ1n) is 9.72. The molecule has 1 unspecified atom stereocenters. The van der Waals surface area contributed by atoms with Crippen molar-refractivity contribution in [1.29, 1.82) is 0 Å². The first kappa shape index (κ1) is 17.9. The Morgan fingerprint density at radius 3 is 2.70 bits per heavy atom. The van der Waals surface area contributed by atoms with Crippen molar-refractivity contribution in [2.24, 2.45) is 0 Å². The standard InChI is InChI=1S/C21H27N5O/c1-21(19(27)23-17-9-12-26(2)13-10-17)11-8-15-14-22-20(25-18(15)21)24-16-6-4-3-5-7-16/h3-7,14,17H,8-13H2,1-2H3,(H,23,27)(H,22,24,25). The number of piperidine rings is 1. The van der Waals surface area contributed by atoms with Gasteiger partial charge in [-0.05, 0) is 70.4 Å². The summed E-state index contributed by atoms with van der Waals surface area (Å²) >= 11 is 0. The number of rotatable bonds is 4. The van der Waals surface area contributed by atoms with Crippen molar-refractivity contribution < 1.29 is 4.79 Å². The number of amides is 1. The molecule has 1 amide bonds. The molecular weight excluding hydrogens is 338 g/mol. The molecule has 2 N–H and O–H groups in total. The predicted octanol–water partition coefficient (Wildman–Crippen LogP) is 2.63. The maximum absolute atomic E-state index is 13.1. The monoisotopic (exact) mass is 365 g/mol. The van der Waals surface area contributed by atoms with Gasteiger partial charge in [0, 0.05) is 17.9 Å². The van der Waals surface area contributed by atoms with Gasteiger partial charge in [0.2, 0.25) is 11.9 Å². The van der Waals surface area contributed by atoms with Gasteiger partial charge in [0.15, 0.2) is 0 Å². The molecule has 1 aliphatic carbocycles. The Balaban J connectivity index is 1.52. The molecule has 142 valence electrons. The summed E-state index contributed by atoms with van der Waals surface area (Å²) < 4.78 is 0. The van der Waals surface area contributed by atoms with Crippen LogP contribution in [0.4, 0.5) is 11.6 Å². The Hall–Kier alpha value is -2.47. The largest absolute Gasteiger partial charge is 0.352 e. The van der Waals surface area contributed by atoms with Crippen LogP contribution >= 0.6 is 0 Å². The zero-order valence-corrected chi connectivity index (χ0v) is 16.0. The van der Waals surface area contributed by atoms with Crippen LogP contribution in [0.1, 0.15) is 37.4 Å². The molecule has 1 saturated heterocycles. The predicted molar refractivity (Wildman–Crippen MR) is 106 cm³/mol. The molecule has 27 heavy (non-hydrogen) atoms. The number of nitrogens with one attached hydrogen (secondary N) is 2. The highest BCUT2D eigenvalue weighted by molar-refractivity contribution is 5.88. The minimum Gasteiger partial charge on any atom is -0.352 e. The van der Waals surface area contributed by atoms with E-state index >= 15 is 0 Å². The fourth-order valence-corrected chi connectivity index (χ4v) is 4.00. The summed E-state index contributed by atoms with van der Waals surface area (Å²) in [6.45, 7) is 4.08. The van der Waals surface area contributed by atoms with E-state index in [4.69, 9.17) is 4.98 Å². The summed E-state index contributed by atoms with van der Waals surface area (Å²) in [5.41, 5.74) is 2.29. The maximum Gasteiger partial charge on any atom is 0.232 e. The number of likely N-dealkylation sites (tertiary alicyclic amines) is 1. The molecule has 1 aliphatic heterocycles. The molecule has 1 aromatic carbocycles. The Labute approximate surface area is 160 Å². The van der Waals surface area contributed by atoms with Crippen LogP contribution in [0.5, 0.6) is 0 Å². The van der Waals surface area contributed by atoms with Gasteiger partial charge < -0.3 is 15.5 Å². The zero-order valence-electron chi connectivity index (χ0n) is 16.0. The maximum atomic E-state index is 13.1. The van der Waals surface area contributed by atoms with Gasteiger partial charge in [0.05, 0.1) is 11.1 Å². The van der Waals surface area contributed by atoms with E-state index in [1.165, 1.54) is 0 Å². The quantitative estimate of drug-likeness (QED) is 0.872. The van der Waals surface area contributed by atoms with Crippen LogP contribution in [-0.2, 0) is 16.6 Å². The van der Waals surface area contributed by atoms with Crippen LogP contribution < -0.4 is 10.6 Å². The summed E-state index contributed by atoms with van der Waals surface area (Å²) in [6.07, 6.45) is 5.51. The molecule has 0 spiro atoms. The highest BCUT2D eigenvalue weighted by Gasteiger charge is 2.43. The third kappa shape index (κ3) is 3.67. The summed E-state index contributed by atoms with van der Waals surface area (Å²) in [6, 6.07) is 10.1. The number of hydrogen-bond donors (Lipinski definition) is 2. The molecule has 1 aromatic heterocycles. The number of nitrogens with zero attached hydrogens (tertiary/aromatic N) is 3. The van der Waals surface area contributed by atoms with Gasteiger partial charge in [0.25, 0.3) is 0 Å². The summed E-state index contributed by atoms with van der Waals surface area (Å²) in [4.78, 5) is 24.6. The average molecular weight is 365 g/mol. The molecule has 1 fully saturated rings. The molecule has 1 atom stereocenters. The van der Waals surface area contributed by atoms with E-state index in [0.717, 1.165) is 55.7 Å². The van der Waals surface area contributed by atoms with Crippen LogP contribution in [0.3, 0.4) is 0 Å². The number of carbonyl (C=O) groups excluding carboxylic acids is 1. The van der Waals surface area contributed by atoms with E-state index in [1.54, 1.807) is 0 Å². The number of benzene rings is 1. The SMILES string of the molecule is CN1CCC(NC(=O)C2(C)CCc3cnc(Nc4ccccc4)nc32)CC1. The number of anilines is 2. The van der Waals surface area contributed by atoms with Crippen LogP contribution in [0.2, 0.25) is 0 Å². The summed E-state index contributed by atoms with van der Waals surface area (Å²) in [5.74, 6) is 0.639. The first-order chi connectivity index (χ1) is 13.0. The molecule has 6 nitrogen and oxygen atoms in total. The Bertz CT molecular complexity index is 817. The Morgan fingerprint density at radius 1 is 1.22 bits per heavy atom. The lowest BCUT2D eigenvalue weighted by atomic mass is 9.86. The minimum absolute atomic E-state index is 0.0974. The fraction of sp³-hybridized carbons (Fsp3) is 0.476. The van der Waals surface area contributed by atoms with E-state index in [9.17, 15) is 4.79 Å². The second kappa shape index (κ2) is 7.27. The van der Waals surface area contributed by atoms with Crippen LogP contribution in [0.15, 0.2) is 36.5 Å². The van der Waals surface area contributed by atoms with Crippen molar-refractivity contribution in [3.05, 3.63) is 47.8 Å². The van der Waals surface area contributed by atoms with E-state index in [2.05, 4.69) is 27.6 Å². The summed E-state index contributed by atoms with van der Waals surface area (Å²) in [7, 11) is 2.13. The minimum atomic E-state index is -0.589. The number of aromatic nitrogens is 2. The van der Waals surface area contributed by atoms with Gasteiger partial charge in [-0.15, -0.1) is 0 Å². The lowest BCUT2D eigenvalue weighted by Gasteiger charge is -2.32. The molecule has 0 saturated carbocycles. The average Bonchev–Trinajstić information content (AvgIpc) is 3.02. The third-order valence-electron chi connectivity index (χ3n) is 5.87. The Morgan fingerprint density at radius 2 is 1.96 bits per heavy atom. The van der Waals surface area contributed by atoms with Gasteiger partial charge in [0.1, 0.15) is 0 Å². The number of hydrogen-bond acceptors (Lipinski definition) is 5. The molecule has 6 heteroatoms. The molecule has 4 rings (SSSR count). The topological polar surface area (TPSA) is 70.2 Å². The first-order valence-corrected chi connectivity index (χ1v) is 9.72. The van der Waals surface area contributed by atoms with Crippen molar-refractivity contribution in [3.8, 4) is 0 Å². The van der Waals surface area contributed by atoms with Crippen LogP contribution in [0, 0.1) is 0 Å². The van der Waals surface area contributed by atoms with E-state index in [0.29, 0.717) is 5.95 Å². The second-order valence-electron chi connectivity index (χ2n) is 7.94. The molecular formula is C21H27N5O. The van der Waals surface area contributed by atoms with Gasteiger partial charge in [-0.3, -0.25) is 4.79 Å². The Kier molecular flexibility index (Phi) is 4.83. The number of aryl methyl sites for hydroxylation is 1. The van der Waals surface area contributed by atoms with E-state index < -0.39 is 5.41 Å². The van der Waals surface area contributed by atoms with Gasteiger partial charge in [-0.1, -0.05) is 18.2 Å². The number of fused-ring (bicyclic) bond motifs is 1. The fourth-order valence-electron chi connectivity index (χ4n) is 4.00. The number of carbonyl (C=O) groups is 1. The van der Waals surface area contributed by atoms with Crippen molar-refractivity contribution >= 4 is 17.5 Å². The second-order valence-corrected chi connectivity index (χ2v) is 7.94. The third-order valence-corrected chi connectivity index (χ3v) is 5.87. The van der Waals surface area contributed by atoms with Crippen molar-refractivity contribution in [1.82, 2.24) is 20.2 Å². The zero-order chi connectivity index (χ0) is 18.9. The summed E-state index contributed by atoms with van der Waals surface area (Å²) in [5, 5.41) is 6.52. The van der Waals surface area contributed by atoms with E-state index in [-0.39, 0.29) is 11.9 Å². The van der Waals surface area contributed by atoms with E-state index in [1.807, 2.05) is 43.5 Å². The molecule has 2 aromatic rings. The van der Waals surface area contributed by atoms with Gasteiger partial charge >= 0.3 is 0 Å². The normalized spacial score (nSPS) is 23.0. The molecule has 2 aliphatic rings. The molecule has 0 radical (unpaired) electrons. The lowest BCUT2D eigenvalue weighted by Crippen LogP contribution is -2.49. The molecule has 2 heterocycles.